The summed E-state index contributed by atoms with van der Waals surface area (Å²) in [6.07, 6.45) is 0.0492. The molecule has 0 spiro atoms. The predicted octanol–water partition coefficient (Wildman–Crippen LogP) is 5.02. The lowest BCUT2D eigenvalue weighted by Gasteiger charge is -2.23. The number of esters is 1. The first kappa shape index (κ1) is 24.4. The number of hydrogen-bond donors (Lipinski definition) is 1. The third-order valence-electron chi connectivity index (χ3n) is 4.63. The molecule has 31 heavy (non-hydrogen) atoms. The molecular weight excluding hydrogens is 397 g/mol. The van der Waals surface area contributed by atoms with Crippen LogP contribution in [-0.4, -0.2) is 17.5 Å². The molecule has 1 amide bonds. The van der Waals surface area contributed by atoms with E-state index >= 15 is 0 Å². The molecule has 0 heterocycles. The second-order valence-corrected chi connectivity index (χ2v) is 8.92. The van der Waals surface area contributed by atoms with Crippen LogP contribution in [0.3, 0.4) is 0 Å². The summed E-state index contributed by atoms with van der Waals surface area (Å²) in [6, 6.07) is 13.6. The van der Waals surface area contributed by atoms with Crippen molar-refractivity contribution in [1.82, 2.24) is 5.32 Å². The van der Waals surface area contributed by atoms with Crippen molar-refractivity contribution in [3.63, 3.8) is 0 Å². The molecule has 0 aliphatic heterocycles. The van der Waals surface area contributed by atoms with Crippen molar-refractivity contribution in [2.75, 3.05) is 0 Å². The fourth-order valence-corrected chi connectivity index (χ4v) is 3.01. The monoisotopic (exact) mass is 429 g/mol. The molecule has 0 radical (unpaired) electrons. The SMILES string of the molecule is CC(C)[C@@H](CC(=O)OC(C)(C)C)C(=O)NCc1ccc(OCc2cccc(F)c2)cc1. The van der Waals surface area contributed by atoms with E-state index in [0.29, 0.717) is 12.3 Å². The quantitative estimate of drug-likeness (QED) is 0.568. The first-order chi connectivity index (χ1) is 14.5. The van der Waals surface area contributed by atoms with Crippen LogP contribution in [0.15, 0.2) is 48.5 Å². The van der Waals surface area contributed by atoms with E-state index < -0.39 is 11.5 Å². The van der Waals surface area contributed by atoms with E-state index in [-0.39, 0.29) is 36.6 Å². The predicted molar refractivity (Wildman–Crippen MR) is 118 cm³/mol. The minimum absolute atomic E-state index is 0.00566. The Hall–Kier alpha value is -2.89. The van der Waals surface area contributed by atoms with Gasteiger partial charge in [-0.15, -0.1) is 0 Å². The topological polar surface area (TPSA) is 64.6 Å². The molecule has 0 aliphatic carbocycles. The Labute approximate surface area is 183 Å². The van der Waals surface area contributed by atoms with Gasteiger partial charge < -0.3 is 14.8 Å². The number of carbonyl (C=O) groups is 2. The van der Waals surface area contributed by atoms with E-state index in [4.69, 9.17) is 9.47 Å². The molecule has 0 unspecified atom stereocenters. The molecule has 5 nitrogen and oxygen atoms in total. The summed E-state index contributed by atoms with van der Waals surface area (Å²) in [6.45, 7) is 9.87. The number of carbonyl (C=O) groups excluding carboxylic acids is 2. The van der Waals surface area contributed by atoms with E-state index in [9.17, 15) is 14.0 Å². The van der Waals surface area contributed by atoms with Gasteiger partial charge in [0.25, 0.3) is 0 Å². The summed E-state index contributed by atoms with van der Waals surface area (Å²) in [7, 11) is 0. The molecule has 1 atom stereocenters. The van der Waals surface area contributed by atoms with Crippen LogP contribution in [0.4, 0.5) is 4.39 Å². The Bertz CT molecular complexity index is 872. The first-order valence-corrected chi connectivity index (χ1v) is 10.5. The standard InChI is InChI=1S/C25H32FNO4/c1-17(2)22(14-23(28)31-25(3,4)5)24(29)27-15-18-9-11-21(12-10-18)30-16-19-7-6-8-20(26)13-19/h6-13,17,22H,14-16H2,1-5H3,(H,27,29)/t22-/m1/s1. The highest BCUT2D eigenvalue weighted by atomic mass is 19.1. The van der Waals surface area contributed by atoms with Gasteiger partial charge in [0.2, 0.25) is 5.91 Å². The van der Waals surface area contributed by atoms with E-state index in [1.165, 1.54) is 12.1 Å². The van der Waals surface area contributed by atoms with Crippen LogP contribution in [0.25, 0.3) is 0 Å². The molecule has 6 heteroatoms. The van der Waals surface area contributed by atoms with E-state index in [0.717, 1.165) is 11.1 Å². The highest BCUT2D eigenvalue weighted by Crippen LogP contribution is 2.20. The summed E-state index contributed by atoms with van der Waals surface area (Å²) < 4.78 is 24.3. The lowest BCUT2D eigenvalue weighted by molar-refractivity contribution is -0.158. The number of amides is 1. The molecule has 0 aromatic heterocycles. The van der Waals surface area contributed by atoms with Crippen LogP contribution in [0.5, 0.6) is 5.75 Å². The molecule has 168 valence electrons. The van der Waals surface area contributed by atoms with Crippen molar-refractivity contribution in [2.45, 2.75) is 59.8 Å². The van der Waals surface area contributed by atoms with Gasteiger partial charge in [-0.05, 0) is 62.1 Å². The smallest absolute Gasteiger partial charge is 0.307 e. The molecule has 0 aliphatic rings. The molecule has 2 aromatic carbocycles. The van der Waals surface area contributed by atoms with Gasteiger partial charge in [-0.2, -0.15) is 0 Å². The Balaban J connectivity index is 1.86. The molecule has 0 saturated carbocycles. The number of rotatable bonds is 9. The van der Waals surface area contributed by atoms with Crippen molar-refractivity contribution in [3.05, 3.63) is 65.5 Å². The second-order valence-electron chi connectivity index (χ2n) is 8.92. The molecule has 0 bridgehead atoms. The maximum absolute atomic E-state index is 13.2. The van der Waals surface area contributed by atoms with Crippen LogP contribution < -0.4 is 10.1 Å². The van der Waals surface area contributed by atoms with Gasteiger partial charge in [-0.3, -0.25) is 9.59 Å². The van der Waals surface area contributed by atoms with Crippen LogP contribution in [0.2, 0.25) is 0 Å². The maximum Gasteiger partial charge on any atom is 0.307 e. The van der Waals surface area contributed by atoms with E-state index in [2.05, 4.69) is 5.32 Å². The van der Waals surface area contributed by atoms with Crippen LogP contribution in [0, 0.1) is 17.7 Å². The number of ether oxygens (including phenoxy) is 2. The highest BCUT2D eigenvalue weighted by Gasteiger charge is 2.27. The summed E-state index contributed by atoms with van der Waals surface area (Å²) in [5.74, 6) is -0.633. The third kappa shape index (κ3) is 8.79. The zero-order chi connectivity index (χ0) is 23.0. The normalized spacial score (nSPS) is 12.4. The molecule has 0 saturated heterocycles. The van der Waals surface area contributed by atoms with Crippen LogP contribution >= 0.6 is 0 Å². The van der Waals surface area contributed by atoms with Crippen molar-refractivity contribution >= 4 is 11.9 Å². The van der Waals surface area contributed by atoms with Crippen molar-refractivity contribution in [1.29, 1.82) is 0 Å². The molecule has 0 fully saturated rings. The minimum Gasteiger partial charge on any atom is -0.489 e. The first-order valence-electron chi connectivity index (χ1n) is 10.5. The fourth-order valence-electron chi connectivity index (χ4n) is 3.01. The summed E-state index contributed by atoms with van der Waals surface area (Å²) >= 11 is 0. The summed E-state index contributed by atoms with van der Waals surface area (Å²) in [5, 5.41) is 2.90. The van der Waals surface area contributed by atoms with Gasteiger partial charge in [0, 0.05) is 6.54 Å². The number of benzene rings is 2. The summed E-state index contributed by atoms with van der Waals surface area (Å²) in [4.78, 5) is 24.8. The van der Waals surface area contributed by atoms with Gasteiger partial charge >= 0.3 is 5.97 Å². The number of halogens is 1. The third-order valence-corrected chi connectivity index (χ3v) is 4.63. The number of hydrogen-bond acceptors (Lipinski definition) is 4. The maximum atomic E-state index is 13.2. The molecule has 2 aromatic rings. The highest BCUT2D eigenvalue weighted by molar-refractivity contribution is 5.84. The van der Waals surface area contributed by atoms with Gasteiger partial charge in [0.1, 0.15) is 23.8 Å². The van der Waals surface area contributed by atoms with Gasteiger partial charge in [0.05, 0.1) is 12.3 Å². The van der Waals surface area contributed by atoms with Crippen LogP contribution in [0.1, 0.15) is 52.2 Å². The average Bonchev–Trinajstić information content (AvgIpc) is 2.68. The van der Waals surface area contributed by atoms with Crippen LogP contribution in [-0.2, 0) is 27.5 Å². The molecular formula is C25H32FNO4. The van der Waals surface area contributed by atoms with Gasteiger partial charge in [0.15, 0.2) is 0 Å². The Morgan fingerprint density at radius 2 is 1.71 bits per heavy atom. The summed E-state index contributed by atoms with van der Waals surface area (Å²) in [5.41, 5.74) is 1.08. The van der Waals surface area contributed by atoms with Crippen molar-refractivity contribution < 1.29 is 23.5 Å². The average molecular weight is 430 g/mol. The fraction of sp³-hybridized carbons (Fsp3) is 0.440. The largest absolute Gasteiger partial charge is 0.489 e. The lowest BCUT2D eigenvalue weighted by Crippen LogP contribution is -2.36. The lowest BCUT2D eigenvalue weighted by atomic mass is 9.91. The van der Waals surface area contributed by atoms with Gasteiger partial charge in [-0.1, -0.05) is 38.1 Å². The van der Waals surface area contributed by atoms with Gasteiger partial charge in [-0.25, -0.2) is 4.39 Å². The Kier molecular flexibility index (Phi) is 8.60. The molecule has 1 N–H and O–H groups in total. The number of nitrogens with one attached hydrogen (secondary N) is 1. The zero-order valence-corrected chi connectivity index (χ0v) is 18.9. The zero-order valence-electron chi connectivity index (χ0n) is 18.9. The minimum atomic E-state index is -0.576. The second kappa shape index (κ2) is 10.9. The molecule has 2 rings (SSSR count). The van der Waals surface area contributed by atoms with E-state index in [1.54, 1.807) is 45.0 Å². The Morgan fingerprint density at radius 1 is 1.03 bits per heavy atom. The van der Waals surface area contributed by atoms with Crippen molar-refractivity contribution in [2.24, 2.45) is 11.8 Å². The Morgan fingerprint density at radius 3 is 2.29 bits per heavy atom. The van der Waals surface area contributed by atoms with E-state index in [1.807, 2.05) is 26.0 Å². The van der Waals surface area contributed by atoms with Crippen molar-refractivity contribution in [3.8, 4) is 5.75 Å².